The lowest BCUT2D eigenvalue weighted by Gasteiger charge is -2.36. The van der Waals surface area contributed by atoms with E-state index in [0.717, 1.165) is 12.1 Å². The standard InChI is InChI=1S/C25H31ClF4N4O/c1-5-7-8-10-18(3)23-22(26)24(25(28,29)30)34(31-23)17-21(35)33-15-13-32(14-16-33)20(9-6-2)12-11-19(4)27/h5,7,9-12H,4,6,8,13-17H2,1-3H3/b7-5-,12-11-,18-10+,20-9+. The third-order valence-corrected chi connectivity index (χ3v) is 5.82. The summed E-state index contributed by atoms with van der Waals surface area (Å²) in [7, 11) is 0. The maximum Gasteiger partial charge on any atom is 0.434 e. The summed E-state index contributed by atoms with van der Waals surface area (Å²) in [6.07, 6.45) is 6.74. The summed E-state index contributed by atoms with van der Waals surface area (Å²) >= 11 is 6.09. The van der Waals surface area contributed by atoms with Gasteiger partial charge in [-0.15, -0.1) is 0 Å². The Morgan fingerprint density at radius 1 is 1.14 bits per heavy atom. The van der Waals surface area contributed by atoms with E-state index in [-0.39, 0.29) is 5.69 Å². The molecule has 2 heterocycles. The molecule has 192 valence electrons. The van der Waals surface area contributed by atoms with E-state index < -0.39 is 35.2 Å². The van der Waals surface area contributed by atoms with Crippen molar-refractivity contribution in [3.63, 3.8) is 0 Å². The van der Waals surface area contributed by atoms with Crippen LogP contribution < -0.4 is 0 Å². The number of halogens is 5. The largest absolute Gasteiger partial charge is 0.434 e. The summed E-state index contributed by atoms with van der Waals surface area (Å²) in [6.45, 7) is 9.63. The van der Waals surface area contributed by atoms with Crippen LogP contribution in [0.2, 0.25) is 5.02 Å². The molecule has 2 rings (SSSR count). The van der Waals surface area contributed by atoms with Gasteiger partial charge in [0.1, 0.15) is 18.1 Å². The fourth-order valence-corrected chi connectivity index (χ4v) is 4.08. The van der Waals surface area contributed by atoms with E-state index in [1.165, 1.54) is 11.0 Å². The van der Waals surface area contributed by atoms with Crippen LogP contribution in [0.5, 0.6) is 0 Å². The van der Waals surface area contributed by atoms with Gasteiger partial charge in [0, 0.05) is 31.9 Å². The first-order valence-corrected chi connectivity index (χ1v) is 11.7. The number of piperazine rings is 1. The fraction of sp³-hybridized carbons (Fsp3) is 0.440. The van der Waals surface area contributed by atoms with Crippen molar-refractivity contribution in [2.24, 2.45) is 0 Å². The Balaban J connectivity index is 2.18. The summed E-state index contributed by atoms with van der Waals surface area (Å²) < 4.78 is 55.0. The van der Waals surface area contributed by atoms with Gasteiger partial charge >= 0.3 is 6.18 Å². The Bertz CT molecular complexity index is 1030. The molecule has 0 unspecified atom stereocenters. The van der Waals surface area contributed by atoms with Crippen molar-refractivity contribution in [3.05, 3.63) is 71.0 Å². The van der Waals surface area contributed by atoms with Crippen molar-refractivity contribution in [1.29, 1.82) is 0 Å². The average Bonchev–Trinajstić information content (AvgIpc) is 3.12. The number of carbonyl (C=O) groups excluding carboxylic acids is 1. The number of allylic oxidation sites excluding steroid dienone is 8. The summed E-state index contributed by atoms with van der Waals surface area (Å²) in [5.41, 5.74) is 0.181. The molecule has 1 aromatic rings. The van der Waals surface area contributed by atoms with Gasteiger partial charge in [0.15, 0.2) is 5.69 Å². The van der Waals surface area contributed by atoms with Crippen LogP contribution in [0.1, 0.15) is 45.0 Å². The molecule has 1 aliphatic rings. The highest BCUT2D eigenvalue weighted by molar-refractivity contribution is 6.32. The number of nitrogens with zero attached hydrogens (tertiary/aromatic N) is 4. The predicted octanol–water partition coefficient (Wildman–Crippen LogP) is 6.40. The first-order chi connectivity index (χ1) is 16.5. The maximum absolute atomic E-state index is 13.8. The summed E-state index contributed by atoms with van der Waals surface area (Å²) in [4.78, 5) is 16.4. The number of aromatic nitrogens is 2. The van der Waals surface area contributed by atoms with E-state index in [1.807, 2.05) is 37.0 Å². The third-order valence-electron chi connectivity index (χ3n) is 5.46. The lowest BCUT2D eigenvalue weighted by molar-refractivity contribution is -0.146. The van der Waals surface area contributed by atoms with Crippen molar-refractivity contribution in [2.45, 2.75) is 46.3 Å². The van der Waals surface area contributed by atoms with Crippen LogP contribution in [-0.4, -0.2) is 51.7 Å². The zero-order chi connectivity index (χ0) is 26.2. The van der Waals surface area contributed by atoms with E-state index in [0.29, 0.717) is 42.9 Å². The van der Waals surface area contributed by atoms with Gasteiger partial charge in [0.2, 0.25) is 5.91 Å². The summed E-state index contributed by atoms with van der Waals surface area (Å²) in [5.74, 6) is -1.05. The van der Waals surface area contributed by atoms with E-state index >= 15 is 0 Å². The van der Waals surface area contributed by atoms with E-state index in [4.69, 9.17) is 11.6 Å². The quantitative estimate of drug-likeness (QED) is 0.217. The molecule has 0 spiro atoms. The van der Waals surface area contributed by atoms with Crippen molar-refractivity contribution in [3.8, 4) is 0 Å². The van der Waals surface area contributed by atoms with Crippen molar-refractivity contribution in [1.82, 2.24) is 19.6 Å². The molecular weight excluding hydrogens is 484 g/mol. The van der Waals surface area contributed by atoms with Crippen LogP contribution in [-0.2, 0) is 17.5 Å². The third kappa shape index (κ3) is 7.85. The van der Waals surface area contributed by atoms with Crippen molar-refractivity contribution < 1.29 is 22.4 Å². The number of carbonyl (C=O) groups is 1. The molecule has 0 atom stereocenters. The minimum atomic E-state index is -4.77. The Morgan fingerprint density at radius 2 is 1.77 bits per heavy atom. The normalized spacial score (nSPS) is 16.1. The Labute approximate surface area is 208 Å². The SMILES string of the molecule is C=C(F)/C=C\C(=C/CC)N1CCN(C(=O)Cn2nc(/C(C)=C/C/C=C\C)c(Cl)c2C(F)(F)F)CC1. The highest BCUT2D eigenvalue weighted by atomic mass is 35.5. The van der Waals surface area contributed by atoms with Crippen LogP contribution in [0.3, 0.4) is 0 Å². The lowest BCUT2D eigenvalue weighted by atomic mass is 10.1. The molecule has 35 heavy (non-hydrogen) atoms. The lowest BCUT2D eigenvalue weighted by Crippen LogP contribution is -2.49. The zero-order valence-corrected chi connectivity index (χ0v) is 21.0. The van der Waals surface area contributed by atoms with Crippen LogP contribution >= 0.6 is 11.6 Å². The van der Waals surface area contributed by atoms with E-state index in [1.54, 1.807) is 19.1 Å². The molecule has 1 saturated heterocycles. The van der Waals surface area contributed by atoms with Gasteiger partial charge in [-0.25, -0.2) is 9.07 Å². The molecule has 0 N–H and O–H groups in total. The molecule has 0 aliphatic carbocycles. The summed E-state index contributed by atoms with van der Waals surface area (Å²) in [6, 6.07) is 0. The number of alkyl halides is 3. The maximum atomic E-state index is 13.8. The smallest absolute Gasteiger partial charge is 0.368 e. The molecule has 10 heteroatoms. The Morgan fingerprint density at radius 3 is 2.31 bits per heavy atom. The van der Waals surface area contributed by atoms with Gasteiger partial charge in [-0.2, -0.15) is 18.3 Å². The fourth-order valence-electron chi connectivity index (χ4n) is 3.68. The highest BCUT2D eigenvalue weighted by Gasteiger charge is 2.40. The van der Waals surface area contributed by atoms with Gasteiger partial charge in [-0.3, -0.25) is 4.79 Å². The monoisotopic (exact) mass is 514 g/mol. The second-order valence-electron chi connectivity index (χ2n) is 8.04. The minimum Gasteiger partial charge on any atom is -0.368 e. The first kappa shape index (κ1) is 28.4. The highest BCUT2D eigenvalue weighted by Crippen LogP contribution is 2.38. The molecule has 1 fully saturated rings. The van der Waals surface area contributed by atoms with Crippen LogP contribution in [0.15, 0.2) is 54.6 Å². The minimum absolute atomic E-state index is 0.0108. The van der Waals surface area contributed by atoms with Gasteiger partial charge in [0.05, 0.1) is 5.02 Å². The van der Waals surface area contributed by atoms with Crippen molar-refractivity contribution in [2.75, 3.05) is 26.2 Å². The number of hydrogen-bond donors (Lipinski definition) is 0. The predicted molar refractivity (Wildman–Crippen MR) is 131 cm³/mol. The number of amides is 1. The molecule has 0 aromatic carbocycles. The topological polar surface area (TPSA) is 41.4 Å². The van der Waals surface area contributed by atoms with Gasteiger partial charge in [0.25, 0.3) is 0 Å². The number of rotatable bonds is 9. The van der Waals surface area contributed by atoms with Gasteiger partial charge in [-0.1, -0.05) is 49.4 Å². The van der Waals surface area contributed by atoms with Gasteiger partial charge in [-0.05, 0) is 44.4 Å². The molecule has 5 nitrogen and oxygen atoms in total. The number of hydrogen-bond acceptors (Lipinski definition) is 3. The van der Waals surface area contributed by atoms with Crippen LogP contribution in [0.25, 0.3) is 5.57 Å². The second kappa shape index (κ2) is 12.8. The average molecular weight is 515 g/mol. The van der Waals surface area contributed by atoms with Gasteiger partial charge < -0.3 is 9.80 Å². The molecule has 0 saturated carbocycles. The molecule has 1 aliphatic heterocycles. The summed E-state index contributed by atoms with van der Waals surface area (Å²) in [5, 5.41) is 3.54. The van der Waals surface area contributed by atoms with Crippen LogP contribution in [0.4, 0.5) is 17.6 Å². The molecule has 0 bridgehead atoms. The van der Waals surface area contributed by atoms with E-state index in [2.05, 4.69) is 11.7 Å². The second-order valence-corrected chi connectivity index (χ2v) is 8.42. The van der Waals surface area contributed by atoms with E-state index in [9.17, 15) is 22.4 Å². The molecule has 0 radical (unpaired) electrons. The molecule has 1 amide bonds. The Kier molecular flexibility index (Phi) is 10.4. The van der Waals surface area contributed by atoms with Crippen molar-refractivity contribution >= 4 is 23.1 Å². The van der Waals surface area contributed by atoms with Crippen LogP contribution in [0, 0.1) is 0 Å². The Hall–Kier alpha value is -2.81. The zero-order valence-electron chi connectivity index (χ0n) is 20.2. The molecule has 1 aromatic heterocycles. The molecular formula is C25H31ClF4N4O. The first-order valence-electron chi connectivity index (χ1n) is 11.4.